The van der Waals surface area contributed by atoms with Gasteiger partial charge in [0.1, 0.15) is 0 Å². The van der Waals surface area contributed by atoms with Crippen LogP contribution in [0.15, 0.2) is 11.6 Å². The van der Waals surface area contributed by atoms with E-state index in [0.29, 0.717) is 6.61 Å². The van der Waals surface area contributed by atoms with Crippen molar-refractivity contribution in [3.05, 3.63) is 11.6 Å². The van der Waals surface area contributed by atoms with E-state index < -0.39 is 5.97 Å². The molecule has 3 nitrogen and oxygen atoms in total. The molecule has 0 spiro atoms. The van der Waals surface area contributed by atoms with Crippen molar-refractivity contribution in [3.63, 3.8) is 0 Å². The fourth-order valence-corrected chi connectivity index (χ4v) is 1.44. The van der Waals surface area contributed by atoms with E-state index >= 15 is 0 Å². The minimum Gasteiger partial charge on any atom is -0.478 e. The fraction of sp³-hybridized carbons (Fsp3) is 0.667. The Labute approximate surface area is 72.0 Å². The summed E-state index contributed by atoms with van der Waals surface area (Å²) in [7, 11) is 0. The van der Waals surface area contributed by atoms with Crippen LogP contribution in [0.25, 0.3) is 0 Å². The number of hydrogen-bond acceptors (Lipinski definition) is 2. The first-order chi connectivity index (χ1) is 5.49. The second-order valence-corrected chi connectivity index (χ2v) is 3.68. The van der Waals surface area contributed by atoms with Gasteiger partial charge in [0.25, 0.3) is 0 Å². The summed E-state index contributed by atoms with van der Waals surface area (Å²) in [6.07, 6.45) is 2.76. The van der Waals surface area contributed by atoms with E-state index in [1.807, 2.05) is 13.8 Å². The number of carbonyl (C=O) groups is 1. The number of rotatable bonds is 1. The predicted octanol–water partition coefficient (Wildman–Crippen LogP) is 1.59. The molecule has 0 atom stereocenters. The summed E-state index contributed by atoms with van der Waals surface area (Å²) in [5.41, 5.74) is 0.776. The summed E-state index contributed by atoms with van der Waals surface area (Å²) < 4.78 is 5.44. The first kappa shape index (κ1) is 9.26. The smallest absolute Gasteiger partial charge is 0.328 e. The van der Waals surface area contributed by atoms with E-state index in [1.54, 1.807) is 0 Å². The lowest BCUT2D eigenvalue weighted by Gasteiger charge is -2.31. The van der Waals surface area contributed by atoms with Gasteiger partial charge in [0.2, 0.25) is 0 Å². The van der Waals surface area contributed by atoms with E-state index in [9.17, 15) is 4.79 Å². The Morgan fingerprint density at radius 1 is 1.67 bits per heavy atom. The van der Waals surface area contributed by atoms with Crippen molar-refractivity contribution in [1.82, 2.24) is 0 Å². The molecule has 1 aliphatic heterocycles. The molecular formula is C9H14O3. The van der Waals surface area contributed by atoms with Crippen molar-refractivity contribution >= 4 is 5.97 Å². The van der Waals surface area contributed by atoms with Crippen LogP contribution >= 0.6 is 0 Å². The van der Waals surface area contributed by atoms with Crippen molar-refractivity contribution in [2.24, 2.45) is 0 Å². The highest BCUT2D eigenvalue weighted by Crippen LogP contribution is 2.27. The third-order valence-corrected chi connectivity index (χ3v) is 1.90. The highest BCUT2D eigenvalue weighted by molar-refractivity contribution is 5.80. The van der Waals surface area contributed by atoms with Crippen LogP contribution in [0.5, 0.6) is 0 Å². The first-order valence-corrected chi connectivity index (χ1v) is 4.06. The van der Waals surface area contributed by atoms with Crippen LogP contribution in [0.4, 0.5) is 0 Å². The summed E-state index contributed by atoms with van der Waals surface area (Å²) >= 11 is 0. The van der Waals surface area contributed by atoms with Crippen LogP contribution in [-0.2, 0) is 9.53 Å². The zero-order valence-corrected chi connectivity index (χ0v) is 7.46. The minimum absolute atomic E-state index is 0.195. The van der Waals surface area contributed by atoms with Gasteiger partial charge in [-0.05, 0) is 26.7 Å². The lowest BCUT2D eigenvalue weighted by atomic mass is 9.93. The van der Waals surface area contributed by atoms with E-state index in [0.717, 1.165) is 18.4 Å². The largest absolute Gasteiger partial charge is 0.478 e. The van der Waals surface area contributed by atoms with Crippen molar-refractivity contribution in [3.8, 4) is 0 Å². The summed E-state index contributed by atoms with van der Waals surface area (Å²) in [5.74, 6) is -0.859. The van der Waals surface area contributed by atoms with Gasteiger partial charge in [0.15, 0.2) is 0 Å². The van der Waals surface area contributed by atoms with Crippen LogP contribution in [0.2, 0.25) is 0 Å². The molecule has 0 bridgehead atoms. The highest BCUT2D eigenvalue weighted by atomic mass is 16.5. The topological polar surface area (TPSA) is 46.5 Å². The molecule has 0 radical (unpaired) electrons. The molecule has 1 heterocycles. The monoisotopic (exact) mass is 170 g/mol. The van der Waals surface area contributed by atoms with Crippen LogP contribution in [0.1, 0.15) is 26.7 Å². The molecule has 1 fully saturated rings. The van der Waals surface area contributed by atoms with Gasteiger partial charge in [0.05, 0.1) is 12.2 Å². The maximum absolute atomic E-state index is 10.4. The second-order valence-electron chi connectivity index (χ2n) is 3.68. The average molecular weight is 170 g/mol. The lowest BCUT2D eigenvalue weighted by Crippen LogP contribution is -2.30. The maximum atomic E-state index is 10.4. The Balaban J connectivity index is 2.64. The molecule has 1 saturated heterocycles. The maximum Gasteiger partial charge on any atom is 0.328 e. The number of carboxylic acid groups (broad SMARTS) is 1. The van der Waals surface area contributed by atoms with E-state index in [-0.39, 0.29) is 5.60 Å². The molecule has 0 saturated carbocycles. The van der Waals surface area contributed by atoms with Crippen LogP contribution < -0.4 is 0 Å². The molecule has 3 heteroatoms. The van der Waals surface area contributed by atoms with Crippen molar-refractivity contribution in [1.29, 1.82) is 0 Å². The summed E-state index contributed by atoms with van der Waals surface area (Å²) in [4.78, 5) is 10.4. The quantitative estimate of drug-likeness (QED) is 0.608. The normalized spacial score (nSPS) is 25.7. The van der Waals surface area contributed by atoms with Gasteiger partial charge in [-0.3, -0.25) is 0 Å². The number of aliphatic carboxylic acids is 1. The van der Waals surface area contributed by atoms with Gasteiger partial charge in [-0.25, -0.2) is 4.79 Å². The zero-order chi connectivity index (χ0) is 9.19. The molecular weight excluding hydrogens is 156 g/mol. The summed E-state index contributed by atoms with van der Waals surface area (Å²) in [6, 6.07) is 0. The van der Waals surface area contributed by atoms with E-state index in [1.165, 1.54) is 6.08 Å². The lowest BCUT2D eigenvalue weighted by molar-refractivity contribution is -0.131. The summed E-state index contributed by atoms with van der Waals surface area (Å²) in [6.45, 7) is 4.58. The van der Waals surface area contributed by atoms with Crippen molar-refractivity contribution < 1.29 is 14.6 Å². The van der Waals surface area contributed by atoms with Crippen LogP contribution in [0.3, 0.4) is 0 Å². The van der Waals surface area contributed by atoms with Gasteiger partial charge >= 0.3 is 5.97 Å². The third kappa shape index (κ3) is 2.66. The fourth-order valence-electron chi connectivity index (χ4n) is 1.44. The Hall–Kier alpha value is -0.830. The molecule has 1 rings (SSSR count). The van der Waals surface area contributed by atoms with Crippen molar-refractivity contribution in [2.45, 2.75) is 32.3 Å². The zero-order valence-electron chi connectivity index (χ0n) is 7.46. The molecule has 0 aromatic rings. The van der Waals surface area contributed by atoms with Gasteiger partial charge in [0, 0.05) is 6.08 Å². The van der Waals surface area contributed by atoms with E-state index in [2.05, 4.69) is 0 Å². The Bertz CT molecular complexity index is 216. The van der Waals surface area contributed by atoms with Crippen LogP contribution in [0, 0.1) is 0 Å². The molecule has 68 valence electrons. The van der Waals surface area contributed by atoms with Crippen LogP contribution in [-0.4, -0.2) is 23.3 Å². The Morgan fingerprint density at radius 3 is 2.83 bits per heavy atom. The summed E-state index contributed by atoms with van der Waals surface area (Å²) in [5, 5.41) is 8.52. The molecule has 12 heavy (non-hydrogen) atoms. The SMILES string of the molecule is CC1(C)CC(=CC(=O)O)CCO1. The number of hydrogen-bond donors (Lipinski definition) is 1. The van der Waals surface area contributed by atoms with E-state index in [4.69, 9.17) is 9.84 Å². The Kier molecular flexibility index (Phi) is 2.52. The first-order valence-electron chi connectivity index (χ1n) is 4.06. The molecule has 1 N–H and O–H groups in total. The second kappa shape index (κ2) is 3.27. The number of carboxylic acids is 1. The van der Waals surface area contributed by atoms with Gasteiger partial charge in [-0.15, -0.1) is 0 Å². The molecule has 0 aromatic heterocycles. The molecule has 1 aliphatic rings. The van der Waals surface area contributed by atoms with Gasteiger partial charge < -0.3 is 9.84 Å². The molecule has 0 aromatic carbocycles. The standard InChI is InChI=1S/C9H14O3/c1-9(2)6-7(3-4-12-9)5-8(10)11/h5H,3-4,6H2,1-2H3,(H,10,11). The Morgan fingerprint density at radius 2 is 2.33 bits per heavy atom. The molecule has 0 unspecified atom stereocenters. The number of ether oxygens (including phenoxy) is 1. The molecule has 0 aliphatic carbocycles. The van der Waals surface area contributed by atoms with Gasteiger partial charge in [-0.2, -0.15) is 0 Å². The molecule has 0 amide bonds. The van der Waals surface area contributed by atoms with Crippen molar-refractivity contribution in [2.75, 3.05) is 6.61 Å². The average Bonchev–Trinajstić information content (AvgIpc) is 1.82. The third-order valence-electron chi connectivity index (χ3n) is 1.90. The minimum atomic E-state index is -0.859. The predicted molar refractivity (Wildman–Crippen MR) is 45.0 cm³/mol. The highest BCUT2D eigenvalue weighted by Gasteiger charge is 2.24. The van der Waals surface area contributed by atoms with Gasteiger partial charge in [-0.1, -0.05) is 5.57 Å².